The van der Waals surface area contributed by atoms with E-state index in [0.29, 0.717) is 23.9 Å². The van der Waals surface area contributed by atoms with Crippen LogP contribution in [0.3, 0.4) is 0 Å². The first-order valence-electron chi connectivity index (χ1n) is 8.19. The molecule has 0 aliphatic rings. The molecule has 3 nitrogen and oxygen atoms in total. The summed E-state index contributed by atoms with van der Waals surface area (Å²) in [6.07, 6.45) is 0. The van der Waals surface area contributed by atoms with Gasteiger partial charge in [-0.25, -0.2) is 0 Å². The first-order valence-corrected chi connectivity index (χ1v) is 9.36. The zero-order valence-electron chi connectivity index (χ0n) is 14.3. The average molecular weight is 433 g/mol. The molecule has 0 saturated carbocycles. The second kappa shape index (κ2) is 8.97. The minimum Gasteiger partial charge on any atom is -0.493 e. The highest BCUT2D eigenvalue weighted by Crippen LogP contribution is 2.37. The predicted molar refractivity (Wildman–Crippen MR) is 110 cm³/mol. The van der Waals surface area contributed by atoms with E-state index in [1.807, 2.05) is 66.7 Å². The van der Waals surface area contributed by atoms with Gasteiger partial charge in [0.05, 0.1) is 7.11 Å². The van der Waals surface area contributed by atoms with Crippen molar-refractivity contribution in [2.45, 2.75) is 13.2 Å². The number of hydrogen-bond acceptors (Lipinski definition) is 3. The number of halogens is 2. The van der Waals surface area contributed by atoms with E-state index in [1.165, 1.54) is 0 Å². The second-order valence-corrected chi connectivity index (χ2v) is 6.98. The highest BCUT2D eigenvalue weighted by atomic mass is 79.9. The van der Waals surface area contributed by atoms with Crippen LogP contribution in [0.4, 0.5) is 5.69 Å². The molecule has 26 heavy (non-hydrogen) atoms. The minimum atomic E-state index is 0.433. The number of benzene rings is 3. The molecule has 5 heteroatoms. The number of ether oxygens (including phenoxy) is 2. The Labute approximate surface area is 167 Å². The Bertz CT molecular complexity index is 854. The predicted octanol–water partition coefficient (Wildman–Crippen LogP) is 6.30. The summed E-state index contributed by atoms with van der Waals surface area (Å²) in [4.78, 5) is 0. The lowest BCUT2D eigenvalue weighted by atomic mass is 10.1. The van der Waals surface area contributed by atoms with Crippen molar-refractivity contribution < 1.29 is 9.47 Å². The second-order valence-electron chi connectivity index (χ2n) is 5.69. The van der Waals surface area contributed by atoms with Crippen LogP contribution in [0.15, 0.2) is 71.2 Å². The Kier molecular flexibility index (Phi) is 6.42. The van der Waals surface area contributed by atoms with Gasteiger partial charge < -0.3 is 14.8 Å². The van der Waals surface area contributed by atoms with E-state index in [-0.39, 0.29) is 0 Å². The van der Waals surface area contributed by atoms with Crippen LogP contribution >= 0.6 is 27.5 Å². The van der Waals surface area contributed by atoms with Gasteiger partial charge >= 0.3 is 0 Å². The molecule has 0 aliphatic carbocycles. The SMILES string of the molecule is COc1ccc(Br)c(CNc2ccccc2)c1OCc1ccc(Cl)cc1. The van der Waals surface area contributed by atoms with Crippen LogP contribution < -0.4 is 14.8 Å². The third-order valence-electron chi connectivity index (χ3n) is 3.93. The van der Waals surface area contributed by atoms with Crippen molar-refractivity contribution in [1.29, 1.82) is 0 Å². The normalized spacial score (nSPS) is 10.4. The first kappa shape index (κ1) is 18.6. The van der Waals surface area contributed by atoms with Gasteiger partial charge in [0.25, 0.3) is 0 Å². The molecule has 0 saturated heterocycles. The molecule has 0 amide bonds. The fraction of sp³-hybridized carbons (Fsp3) is 0.143. The maximum atomic E-state index is 6.12. The Balaban J connectivity index is 1.81. The van der Waals surface area contributed by atoms with Crippen molar-refractivity contribution >= 4 is 33.2 Å². The molecule has 0 aromatic heterocycles. The van der Waals surface area contributed by atoms with Gasteiger partial charge in [0.2, 0.25) is 0 Å². The molecule has 0 aliphatic heterocycles. The fourth-order valence-electron chi connectivity index (χ4n) is 2.55. The molecule has 3 rings (SSSR count). The van der Waals surface area contributed by atoms with Crippen LogP contribution in [0.1, 0.15) is 11.1 Å². The standard InChI is InChI=1S/C21H19BrClNO2/c1-25-20-12-11-19(22)18(13-24-17-5-3-2-4-6-17)21(20)26-14-15-7-9-16(23)10-8-15/h2-12,24H,13-14H2,1H3. The molecule has 0 fully saturated rings. The van der Waals surface area contributed by atoms with Crippen LogP contribution in [-0.4, -0.2) is 7.11 Å². The smallest absolute Gasteiger partial charge is 0.167 e. The molecule has 0 atom stereocenters. The summed E-state index contributed by atoms with van der Waals surface area (Å²) < 4.78 is 12.6. The van der Waals surface area contributed by atoms with E-state index in [1.54, 1.807) is 7.11 Å². The Hall–Kier alpha value is -2.17. The van der Waals surface area contributed by atoms with Crippen molar-refractivity contribution in [3.05, 3.63) is 87.4 Å². The number of nitrogens with one attached hydrogen (secondary N) is 1. The molecular weight excluding hydrogens is 414 g/mol. The molecule has 3 aromatic carbocycles. The molecule has 0 unspecified atom stereocenters. The Morgan fingerprint density at radius 2 is 1.69 bits per heavy atom. The van der Waals surface area contributed by atoms with Gasteiger partial charge in [0, 0.05) is 27.3 Å². The van der Waals surface area contributed by atoms with Crippen LogP contribution in [0.5, 0.6) is 11.5 Å². The summed E-state index contributed by atoms with van der Waals surface area (Å²) in [6, 6.07) is 21.5. The fourth-order valence-corrected chi connectivity index (χ4v) is 3.13. The molecule has 0 spiro atoms. The molecule has 1 N–H and O–H groups in total. The molecule has 3 aromatic rings. The summed E-state index contributed by atoms with van der Waals surface area (Å²) in [5.74, 6) is 1.42. The molecule has 0 bridgehead atoms. The summed E-state index contributed by atoms with van der Waals surface area (Å²) in [5.41, 5.74) is 3.09. The third kappa shape index (κ3) is 4.71. The van der Waals surface area contributed by atoms with Gasteiger partial charge in [-0.3, -0.25) is 0 Å². The summed E-state index contributed by atoms with van der Waals surface area (Å²) in [6.45, 7) is 1.04. The van der Waals surface area contributed by atoms with Gasteiger partial charge in [0.1, 0.15) is 6.61 Å². The third-order valence-corrected chi connectivity index (χ3v) is 4.92. The van der Waals surface area contributed by atoms with E-state index in [0.717, 1.165) is 27.0 Å². The lowest BCUT2D eigenvalue weighted by Gasteiger charge is -2.17. The summed E-state index contributed by atoms with van der Waals surface area (Å²) >= 11 is 9.57. The molecule has 0 heterocycles. The van der Waals surface area contributed by atoms with Gasteiger partial charge in [-0.2, -0.15) is 0 Å². The van der Waals surface area contributed by atoms with E-state index in [4.69, 9.17) is 21.1 Å². The van der Waals surface area contributed by atoms with Crippen molar-refractivity contribution in [3.63, 3.8) is 0 Å². The Morgan fingerprint density at radius 3 is 2.38 bits per heavy atom. The lowest BCUT2D eigenvalue weighted by molar-refractivity contribution is 0.281. The van der Waals surface area contributed by atoms with Crippen molar-refractivity contribution in [2.24, 2.45) is 0 Å². The van der Waals surface area contributed by atoms with Crippen LogP contribution in [0.2, 0.25) is 5.02 Å². The van der Waals surface area contributed by atoms with Crippen LogP contribution in [0, 0.1) is 0 Å². The van der Waals surface area contributed by atoms with Crippen LogP contribution in [-0.2, 0) is 13.2 Å². The van der Waals surface area contributed by atoms with Gasteiger partial charge in [-0.1, -0.05) is 57.9 Å². The van der Waals surface area contributed by atoms with Crippen molar-refractivity contribution in [1.82, 2.24) is 0 Å². The van der Waals surface area contributed by atoms with Crippen molar-refractivity contribution in [3.8, 4) is 11.5 Å². The number of para-hydroxylation sites is 1. The first-order chi connectivity index (χ1) is 12.7. The average Bonchev–Trinajstić information content (AvgIpc) is 2.67. The van der Waals surface area contributed by atoms with Gasteiger partial charge in [0.15, 0.2) is 11.5 Å². The zero-order chi connectivity index (χ0) is 18.4. The number of methoxy groups -OCH3 is 1. The van der Waals surface area contributed by atoms with E-state index >= 15 is 0 Å². The summed E-state index contributed by atoms with van der Waals surface area (Å²) in [7, 11) is 1.65. The van der Waals surface area contributed by atoms with Gasteiger partial charge in [-0.15, -0.1) is 0 Å². The quantitative estimate of drug-likeness (QED) is 0.475. The highest BCUT2D eigenvalue weighted by Gasteiger charge is 2.15. The maximum Gasteiger partial charge on any atom is 0.167 e. The molecular formula is C21H19BrClNO2. The number of anilines is 1. The maximum absolute atomic E-state index is 6.12. The van der Waals surface area contributed by atoms with E-state index in [2.05, 4.69) is 21.2 Å². The Morgan fingerprint density at radius 1 is 0.962 bits per heavy atom. The van der Waals surface area contributed by atoms with Crippen LogP contribution in [0.25, 0.3) is 0 Å². The number of hydrogen-bond donors (Lipinski definition) is 1. The van der Waals surface area contributed by atoms with Crippen molar-refractivity contribution in [2.75, 3.05) is 12.4 Å². The highest BCUT2D eigenvalue weighted by molar-refractivity contribution is 9.10. The lowest BCUT2D eigenvalue weighted by Crippen LogP contribution is -2.06. The zero-order valence-corrected chi connectivity index (χ0v) is 16.7. The molecule has 0 radical (unpaired) electrons. The number of rotatable bonds is 7. The van der Waals surface area contributed by atoms with E-state index in [9.17, 15) is 0 Å². The monoisotopic (exact) mass is 431 g/mol. The topological polar surface area (TPSA) is 30.5 Å². The largest absolute Gasteiger partial charge is 0.493 e. The summed E-state index contributed by atoms with van der Waals surface area (Å²) in [5, 5.41) is 4.13. The molecule has 134 valence electrons. The van der Waals surface area contributed by atoms with E-state index < -0.39 is 0 Å². The van der Waals surface area contributed by atoms with Gasteiger partial charge in [-0.05, 0) is 42.0 Å². The minimum absolute atomic E-state index is 0.433.